The lowest BCUT2D eigenvalue weighted by atomic mass is 10.1. The van der Waals surface area contributed by atoms with Gasteiger partial charge in [-0.15, -0.1) is 0 Å². The van der Waals surface area contributed by atoms with Crippen molar-refractivity contribution in [2.24, 2.45) is 0 Å². The first-order chi connectivity index (χ1) is 9.85. The number of quaternary nitrogens is 1. The van der Waals surface area contributed by atoms with Gasteiger partial charge >= 0.3 is 0 Å². The number of aliphatic hydroxyl groups excluding tert-OH is 1. The Hall–Kier alpha value is -1.26. The predicted octanol–water partition coefficient (Wildman–Crippen LogP) is -0.961. The van der Waals surface area contributed by atoms with Gasteiger partial charge in [0.15, 0.2) is 0 Å². The van der Waals surface area contributed by atoms with Crippen LogP contribution < -0.4 is 17.0 Å². The van der Waals surface area contributed by atoms with Crippen LogP contribution in [0.3, 0.4) is 0 Å². The SMILES string of the molecule is OCC#CC[N+]1(CC#Cc2ccccc2)CCCCC1.[Br-]. The van der Waals surface area contributed by atoms with Crippen molar-refractivity contribution < 1.29 is 26.6 Å². The fourth-order valence-corrected chi connectivity index (χ4v) is 2.67. The molecule has 0 radical (unpaired) electrons. The highest BCUT2D eigenvalue weighted by Crippen LogP contribution is 2.17. The van der Waals surface area contributed by atoms with Crippen molar-refractivity contribution >= 4 is 0 Å². The maximum atomic E-state index is 8.80. The number of rotatable bonds is 2. The molecule has 0 atom stereocenters. The number of halogens is 1. The lowest BCUT2D eigenvalue weighted by molar-refractivity contribution is -0.919. The summed E-state index contributed by atoms with van der Waals surface area (Å²) in [4.78, 5) is 0. The summed E-state index contributed by atoms with van der Waals surface area (Å²) in [6.45, 7) is 3.93. The molecule has 112 valence electrons. The Labute approximate surface area is 138 Å². The second-order valence-corrected chi connectivity index (χ2v) is 5.35. The van der Waals surface area contributed by atoms with E-state index in [9.17, 15) is 0 Å². The Morgan fingerprint density at radius 2 is 1.57 bits per heavy atom. The van der Waals surface area contributed by atoms with Crippen LogP contribution in [0.25, 0.3) is 0 Å². The molecule has 1 fully saturated rings. The molecule has 0 saturated carbocycles. The average Bonchev–Trinajstić information content (AvgIpc) is 2.50. The lowest BCUT2D eigenvalue weighted by Gasteiger charge is -2.38. The maximum absolute atomic E-state index is 8.80. The van der Waals surface area contributed by atoms with E-state index in [-0.39, 0.29) is 23.6 Å². The second-order valence-electron chi connectivity index (χ2n) is 5.35. The van der Waals surface area contributed by atoms with Crippen molar-refractivity contribution in [3.05, 3.63) is 35.9 Å². The van der Waals surface area contributed by atoms with E-state index in [2.05, 4.69) is 23.7 Å². The monoisotopic (exact) mass is 347 g/mol. The first-order valence-electron chi connectivity index (χ1n) is 7.30. The molecule has 1 saturated heterocycles. The largest absolute Gasteiger partial charge is 1.00 e. The van der Waals surface area contributed by atoms with Gasteiger partial charge in [-0.2, -0.15) is 0 Å². The summed E-state index contributed by atoms with van der Waals surface area (Å²) < 4.78 is 0.965. The summed E-state index contributed by atoms with van der Waals surface area (Å²) in [6.07, 6.45) is 3.83. The highest BCUT2D eigenvalue weighted by Gasteiger charge is 2.27. The number of hydrogen-bond donors (Lipinski definition) is 1. The number of piperidine rings is 1. The molecule has 1 aromatic rings. The fraction of sp³-hybridized carbons (Fsp3) is 0.444. The minimum atomic E-state index is -0.0459. The van der Waals surface area contributed by atoms with Crippen LogP contribution in [0.2, 0.25) is 0 Å². The molecule has 1 aliphatic rings. The molecule has 1 heterocycles. The topological polar surface area (TPSA) is 20.2 Å². The quantitative estimate of drug-likeness (QED) is 0.539. The van der Waals surface area contributed by atoms with E-state index in [0.29, 0.717) is 0 Å². The summed E-state index contributed by atoms with van der Waals surface area (Å²) in [5.41, 5.74) is 1.07. The number of likely N-dealkylation sites (tertiary alicyclic amines) is 1. The third kappa shape index (κ3) is 5.94. The fourth-order valence-electron chi connectivity index (χ4n) is 2.67. The van der Waals surface area contributed by atoms with Gasteiger partial charge in [0.1, 0.15) is 19.7 Å². The van der Waals surface area contributed by atoms with Gasteiger partial charge in [0.2, 0.25) is 0 Å². The molecule has 1 aliphatic heterocycles. The van der Waals surface area contributed by atoms with Gasteiger partial charge in [-0.1, -0.05) is 30.0 Å². The summed E-state index contributed by atoms with van der Waals surface area (Å²) in [5.74, 6) is 12.4. The van der Waals surface area contributed by atoms with Crippen LogP contribution in [0, 0.1) is 23.7 Å². The third-order valence-corrected chi connectivity index (χ3v) is 3.80. The first kappa shape index (κ1) is 17.8. The predicted molar refractivity (Wildman–Crippen MR) is 81.8 cm³/mol. The molecule has 2 nitrogen and oxygen atoms in total. The molecule has 0 bridgehead atoms. The highest BCUT2D eigenvalue weighted by atomic mass is 79.9. The molecule has 1 N–H and O–H groups in total. The number of nitrogens with zero attached hydrogens (tertiary/aromatic N) is 1. The minimum Gasteiger partial charge on any atom is -1.00 e. The van der Waals surface area contributed by atoms with E-state index in [4.69, 9.17) is 5.11 Å². The third-order valence-electron chi connectivity index (χ3n) is 3.80. The molecule has 2 rings (SSSR count). The van der Waals surface area contributed by atoms with Gasteiger partial charge < -0.3 is 26.6 Å². The van der Waals surface area contributed by atoms with Crippen molar-refractivity contribution in [1.29, 1.82) is 0 Å². The van der Waals surface area contributed by atoms with Gasteiger partial charge in [0.25, 0.3) is 0 Å². The highest BCUT2D eigenvalue weighted by molar-refractivity contribution is 5.33. The first-order valence-corrected chi connectivity index (χ1v) is 7.30. The Morgan fingerprint density at radius 1 is 0.905 bits per heavy atom. The molecule has 0 aromatic heterocycles. The summed E-state index contributed by atoms with van der Waals surface area (Å²) in [5, 5.41) is 8.80. The van der Waals surface area contributed by atoms with Crippen LogP contribution in [0.5, 0.6) is 0 Å². The van der Waals surface area contributed by atoms with Crippen LogP contribution >= 0.6 is 0 Å². The Morgan fingerprint density at radius 3 is 2.24 bits per heavy atom. The van der Waals surface area contributed by atoms with E-state index >= 15 is 0 Å². The van der Waals surface area contributed by atoms with E-state index < -0.39 is 0 Å². The van der Waals surface area contributed by atoms with Gasteiger partial charge in [0.05, 0.1) is 13.1 Å². The summed E-state index contributed by atoms with van der Waals surface area (Å²) >= 11 is 0. The molecule has 0 amide bonds. The molecular formula is C18H22BrNO. The van der Waals surface area contributed by atoms with Crippen molar-refractivity contribution in [3.63, 3.8) is 0 Å². The Balaban J connectivity index is 0.00000220. The lowest BCUT2D eigenvalue weighted by Crippen LogP contribution is -3.00. The molecule has 21 heavy (non-hydrogen) atoms. The minimum absolute atomic E-state index is 0. The standard InChI is InChI=1S/C18H22NO.BrH/c20-17-8-7-15-19(13-5-2-6-14-19)16-9-12-18-10-3-1-4-11-18;/h1,3-4,10-11,20H,2,5-6,13-17H2;1H/q+1;/p-1. The van der Waals surface area contributed by atoms with Crippen LogP contribution in [-0.2, 0) is 0 Å². The zero-order valence-electron chi connectivity index (χ0n) is 12.3. The summed E-state index contributed by atoms with van der Waals surface area (Å²) in [6, 6.07) is 10.1. The smallest absolute Gasteiger partial charge is 0.142 e. The Bertz CT molecular complexity index is 527. The average molecular weight is 348 g/mol. The molecule has 3 heteroatoms. The van der Waals surface area contributed by atoms with Crippen LogP contribution in [0.1, 0.15) is 24.8 Å². The second kappa shape index (κ2) is 9.64. The number of aliphatic hydroxyl groups is 1. The van der Waals surface area contributed by atoms with Gasteiger partial charge in [-0.05, 0) is 43.2 Å². The number of benzene rings is 1. The normalized spacial score (nSPS) is 15.7. The number of hydrogen-bond acceptors (Lipinski definition) is 1. The molecule has 0 aliphatic carbocycles. The van der Waals surface area contributed by atoms with Crippen molar-refractivity contribution in [3.8, 4) is 23.7 Å². The van der Waals surface area contributed by atoms with Crippen LogP contribution in [0.4, 0.5) is 0 Å². The van der Waals surface area contributed by atoms with E-state index in [0.717, 1.165) is 36.2 Å². The zero-order chi connectivity index (χ0) is 14.1. The van der Waals surface area contributed by atoms with E-state index in [1.807, 2.05) is 30.3 Å². The summed E-state index contributed by atoms with van der Waals surface area (Å²) in [7, 11) is 0. The van der Waals surface area contributed by atoms with Crippen molar-refractivity contribution in [2.75, 3.05) is 32.8 Å². The van der Waals surface area contributed by atoms with Crippen LogP contribution in [-0.4, -0.2) is 42.4 Å². The zero-order valence-corrected chi connectivity index (χ0v) is 13.9. The van der Waals surface area contributed by atoms with E-state index in [1.54, 1.807) is 0 Å². The van der Waals surface area contributed by atoms with E-state index in [1.165, 1.54) is 19.3 Å². The molecule has 0 spiro atoms. The Kier molecular flexibility index (Phi) is 8.16. The van der Waals surface area contributed by atoms with Crippen molar-refractivity contribution in [2.45, 2.75) is 19.3 Å². The molecule has 1 aromatic carbocycles. The van der Waals surface area contributed by atoms with Gasteiger partial charge in [0, 0.05) is 5.56 Å². The maximum Gasteiger partial charge on any atom is 0.142 e. The van der Waals surface area contributed by atoms with Gasteiger partial charge in [-0.3, -0.25) is 0 Å². The van der Waals surface area contributed by atoms with Gasteiger partial charge in [-0.25, -0.2) is 0 Å². The van der Waals surface area contributed by atoms with Crippen LogP contribution in [0.15, 0.2) is 30.3 Å². The molecular weight excluding hydrogens is 326 g/mol. The van der Waals surface area contributed by atoms with Crippen molar-refractivity contribution in [1.82, 2.24) is 0 Å². The molecule has 0 unspecified atom stereocenters.